The first kappa shape index (κ1) is 25.5. The van der Waals surface area contributed by atoms with Crippen molar-refractivity contribution in [2.75, 3.05) is 34.8 Å². The van der Waals surface area contributed by atoms with Crippen molar-refractivity contribution >= 4 is 56.1 Å². The van der Waals surface area contributed by atoms with E-state index in [2.05, 4.69) is 10.6 Å². The van der Waals surface area contributed by atoms with E-state index >= 15 is 0 Å². The zero-order chi connectivity index (χ0) is 26.7. The quantitative estimate of drug-likeness (QED) is 0.305. The first-order valence-electron chi connectivity index (χ1n) is 11.1. The summed E-state index contributed by atoms with van der Waals surface area (Å²) in [5.74, 6) is -1.66. The van der Waals surface area contributed by atoms with Crippen molar-refractivity contribution in [3.05, 3.63) is 89.5 Å². The molecule has 2 amide bonds. The maximum atomic E-state index is 13.1. The molecule has 10 nitrogen and oxygen atoms in total. The molecule has 0 aliphatic carbocycles. The van der Waals surface area contributed by atoms with Gasteiger partial charge in [-0.3, -0.25) is 13.9 Å². The number of methoxy groups -OCH3 is 1. The van der Waals surface area contributed by atoms with E-state index in [0.717, 1.165) is 16.1 Å². The topological polar surface area (TPSA) is 148 Å². The molecule has 190 valence electrons. The van der Waals surface area contributed by atoms with Gasteiger partial charge in [0.1, 0.15) is 6.54 Å². The summed E-state index contributed by atoms with van der Waals surface area (Å²) in [5.41, 5.74) is 9.03. The minimum Gasteiger partial charge on any atom is -0.465 e. The number of fused-ring (bicyclic) bond motifs is 1. The monoisotopic (exact) mass is 520 g/mol. The molecular formula is C26H24N4O6S. The highest BCUT2D eigenvalue weighted by Crippen LogP contribution is 2.38. The molecule has 37 heavy (non-hydrogen) atoms. The fraction of sp³-hybridized carbons (Fsp3) is 0.115. The summed E-state index contributed by atoms with van der Waals surface area (Å²) in [6.07, 6.45) is 0.988. The molecule has 11 heteroatoms. The number of rotatable bonds is 8. The van der Waals surface area contributed by atoms with Gasteiger partial charge in [0, 0.05) is 11.3 Å². The number of amides is 2. The highest BCUT2D eigenvalue weighted by atomic mass is 32.2. The molecule has 0 radical (unpaired) electrons. The Morgan fingerprint density at radius 2 is 1.68 bits per heavy atom. The Labute approximate surface area is 213 Å². The van der Waals surface area contributed by atoms with Crippen LogP contribution >= 0.6 is 0 Å². The molecule has 4 rings (SSSR count). The predicted octanol–water partition coefficient (Wildman–Crippen LogP) is 2.66. The number of carbonyl (C=O) groups is 3. The number of nitrogens with zero attached hydrogens (tertiary/aromatic N) is 1. The maximum absolute atomic E-state index is 13.1. The number of esters is 1. The van der Waals surface area contributed by atoms with Gasteiger partial charge in [-0.1, -0.05) is 36.4 Å². The smallest absolute Gasteiger partial charge is 0.337 e. The van der Waals surface area contributed by atoms with Gasteiger partial charge in [-0.25, -0.2) is 13.2 Å². The van der Waals surface area contributed by atoms with Crippen molar-refractivity contribution in [2.24, 2.45) is 5.73 Å². The summed E-state index contributed by atoms with van der Waals surface area (Å²) in [5, 5.41) is 6.07. The molecule has 0 spiro atoms. The summed E-state index contributed by atoms with van der Waals surface area (Å²) in [4.78, 5) is 36.4. The van der Waals surface area contributed by atoms with Crippen LogP contribution < -0.4 is 20.7 Å². The molecule has 0 saturated heterocycles. The molecule has 0 fully saturated rings. The van der Waals surface area contributed by atoms with Gasteiger partial charge >= 0.3 is 5.97 Å². The normalized spacial score (nSPS) is 13.8. The number of benzene rings is 3. The van der Waals surface area contributed by atoms with Crippen molar-refractivity contribution in [2.45, 2.75) is 0 Å². The van der Waals surface area contributed by atoms with Gasteiger partial charge in [0.25, 0.3) is 5.91 Å². The van der Waals surface area contributed by atoms with Crippen molar-refractivity contribution in [1.82, 2.24) is 0 Å². The van der Waals surface area contributed by atoms with Gasteiger partial charge < -0.3 is 21.1 Å². The molecule has 1 aliphatic heterocycles. The summed E-state index contributed by atoms with van der Waals surface area (Å²) in [7, 11) is -2.46. The van der Waals surface area contributed by atoms with Gasteiger partial charge in [0.15, 0.2) is 0 Å². The fourth-order valence-corrected chi connectivity index (χ4v) is 4.81. The number of nitrogens with two attached hydrogens (primary N) is 1. The van der Waals surface area contributed by atoms with Crippen molar-refractivity contribution in [3.63, 3.8) is 0 Å². The lowest BCUT2D eigenvalue weighted by Crippen LogP contribution is -2.37. The van der Waals surface area contributed by atoms with Crippen molar-refractivity contribution in [1.29, 1.82) is 0 Å². The number of hydrogen-bond donors (Lipinski definition) is 3. The van der Waals surface area contributed by atoms with Gasteiger partial charge in [-0.15, -0.1) is 0 Å². The summed E-state index contributed by atoms with van der Waals surface area (Å²) in [6, 6.07) is 20.4. The first-order valence-corrected chi connectivity index (χ1v) is 12.9. The van der Waals surface area contributed by atoms with Crippen molar-refractivity contribution < 1.29 is 27.5 Å². The number of carbonyl (C=O) groups excluding carboxylic acids is 3. The molecule has 3 aromatic rings. The molecule has 0 aromatic heterocycles. The molecule has 0 bridgehead atoms. The highest BCUT2D eigenvalue weighted by Gasteiger charge is 2.29. The van der Waals surface area contributed by atoms with E-state index in [1.54, 1.807) is 30.3 Å². The molecule has 4 N–H and O–H groups in total. The predicted molar refractivity (Wildman–Crippen MR) is 141 cm³/mol. The first-order chi connectivity index (χ1) is 17.6. The summed E-state index contributed by atoms with van der Waals surface area (Å²) < 4.78 is 30.0. The number of nitrogens with one attached hydrogen (secondary N) is 2. The van der Waals surface area contributed by atoms with Crippen molar-refractivity contribution in [3.8, 4) is 0 Å². The Morgan fingerprint density at radius 3 is 2.27 bits per heavy atom. The summed E-state index contributed by atoms with van der Waals surface area (Å²) >= 11 is 0. The zero-order valence-electron chi connectivity index (χ0n) is 20.0. The maximum Gasteiger partial charge on any atom is 0.337 e. The second-order valence-electron chi connectivity index (χ2n) is 8.23. The van der Waals surface area contributed by atoms with Gasteiger partial charge in [0.05, 0.1) is 41.6 Å². The Bertz CT molecular complexity index is 1520. The van der Waals surface area contributed by atoms with Crippen LogP contribution in [0.1, 0.15) is 21.5 Å². The van der Waals surface area contributed by atoms with Crippen LogP contribution in [0.3, 0.4) is 0 Å². The molecule has 0 unspecified atom stereocenters. The third-order valence-corrected chi connectivity index (χ3v) is 6.76. The van der Waals surface area contributed by atoms with Crippen LogP contribution in [0.5, 0.6) is 0 Å². The van der Waals surface area contributed by atoms with E-state index in [-0.39, 0.29) is 11.6 Å². The Hall–Kier alpha value is -4.64. The zero-order valence-corrected chi connectivity index (χ0v) is 20.8. The van der Waals surface area contributed by atoms with Gasteiger partial charge in [0.2, 0.25) is 15.9 Å². The van der Waals surface area contributed by atoms with E-state index in [0.29, 0.717) is 33.8 Å². The van der Waals surface area contributed by atoms with Gasteiger partial charge in [-0.05, 0) is 42.0 Å². The number of hydrogen-bond acceptors (Lipinski definition) is 7. The molecular weight excluding hydrogens is 496 g/mol. The number of anilines is 3. The van der Waals surface area contributed by atoms with E-state index < -0.39 is 28.4 Å². The molecule has 1 heterocycles. The van der Waals surface area contributed by atoms with Crippen LogP contribution in [-0.4, -0.2) is 46.1 Å². The third kappa shape index (κ3) is 5.46. The standard InChI is InChI=1S/C26H24N4O6S/c1-36-26(33)17-8-13-20-21(14-17)29-25(32)23(20)24(16-6-4-3-5-7-16)28-18-9-11-19(12-10-18)30(15-22(27)31)37(2,34)35/h3-14,28H,15H2,1-2H3,(H2,27,31)(H,29,32)/b24-23-. The van der Waals surface area contributed by atoms with Crippen LogP contribution in [0.2, 0.25) is 0 Å². The summed E-state index contributed by atoms with van der Waals surface area (Å²) in [6.45, 7) is -0.491. The lowest BCUT2D eigenvalue weighted by atomic mass is 9.99. The molecule has 1 aliphatic rings. The fourth-order valence-electron chi connectivity index (χ4n) is 3.95. The highest BCUT2D eigenvalue weighted by molar-refractivity contribution is 7.92. The second kappa shape index (κ2) is 10.2. The van der Waals surface area contributed by atoms with E-state index in [9.17, 15) is 22.8 Å². The van der Waals surface area contributed by atoms with Crippen LogP contribution in [0.25, 0.3) is 11.3 Å². The Morgan fingerprint density at radius 1 is 1.00 bits per heavy atom. The minimum atomic E-state index is -3.74. The van der Waals surface area contributed by atoms with E-state index in [1.807, 2.05) is 30.3 Å². The minimum absolute atomic E-state index is 0.264. The third-order valence-electron chi connectivity index (χ3n) is 5.62. The van der Waals surface area contributed by atoms with Gasteiger partial charge in [-0.2, -0.15) is 0 Å². The van der Waals surface area contributed by atoms with Crippen LogP contribution in [0.4, 0.5) is 17.1 Å². The number of primary amides is 1. The average molecular weight is 521 g/mol. The molecule has 3 aromatic carbocycles. The van der Waals surface area contributed by atoms with E-state index in [1.165, 1.54) is 19.2 Å². The Kier molecular flexibility index (Phi) is 6.98. The second-order valence-corrected chi connectivity index (χ2v) is 10.1. The number of sulfonamides is 1. The lowest BCUT2D eigenvalue weighted by molar-refractivity contribution is -0.116. The Balaban J connectivity index is 1.77. The molecule has 0 saturated carbocycles. The SMILES string of the molecule is COC(=O)c1ccc2c(c1)NC(=O)/C2=C(\Nc1ccc(N(CC(N)=O)S(C)(=O)=O)cc1)c1ccccc1. The number of ether oxygens (including phenoxy) is 1. The largest absolute Gasteiger partial charge is 0.465 e. The van der Waals surface area contributed by atoms with Crippen LogP contribution in [0.15, 0.2) is 72.8 Å². The van der Waals surface area contributed by atoms with Crippen LogP contribution in [0, 0.1) is 0 Å². The average Bonchev–Trinajstić information content (AvgIpc) is 3.20. The lowest BCUT2D eigenvalue weighted by Gasteiger charge is -2.21. The van der Waals surface area contributed by atoms with E-state index in [4.69, 9.17) is 10.5 Å². The molecule has 0 atom stereocenters. The van der Waals surface area contributed by atoms with Crippen LogP contribution in [-0.2, 0) is 24.3 Å².